The molecule has 3 aromatic carbocycles. The molecule has 0 radical (unpaired) electrons. The predicted octanol–water partition coefficient (Wildman–Crippen LogP) is 2.81. The molecule has 0 spiro atoms. The Bertz CT molecular complexity index is 1340. The Morgan fingerprint density at radius 3 is 1.94 bits per heavy atom. The van der Waals surface area contributed by atoms with Gasteiger partial charge in [0.25, 0.3) is 17.7 Å². The minimum absolute atomic E-state index is 0.00709. The van der Waals surface area contributed by atoms with Crippen LogP contribution in [0, 0.1) is 3.57 Å². The van der Waals surface area contributed by atoms with Crippen LogP contribution < -0.4 is 20.7 Å². The van der Waals surface area contributed by atoms with Crippen LogP contribution >= 0.6 is 22.6 Å². The number of rotatable bonds is 1. The van der Waals surface area contributed by atoms with Crippen LogP contribution in [0.3, 0.4) is 0 Å². The molecule has 3 amide bonds. The zero-order valence-electron chi connectivity index (χ0n) is 18.6. The van der Waals surface area contributed by atoms with Crippen molar-refractivity contribution in [2.24, 2.45) is 0 Å². The summed E-state index contributed by atoms with van der Waals surface area (Å²) in [4.78, 5) is 33.2. The lowest BCUT2D eigenvalue weighted by atomic mass is 10.1. The molecule has 0 aromatic heterocycles. The molecule has 0 fully saturated rings. The number of carbonyl (C=O) groups excluding carboxylic acids is 3. The van der Waals surface area contributed by atoms with Gasteiger partial charge in [-0.2, -0.15) is 0 Å². The van der Waals surface area contributed by atoms with Gasteiger partial charge in [0.15, 0.2) is 0 Å². The Morgan fingerprint density at radius 1 is 0.743 bits per heavy atom. The van der Waals surface area contributed by atoms with Crippen LogP contribution in [0.25, 0.3) is 0 Å². The summed E-state index contributed by atoms with van der Waals surface area (Å²) in [7, 11) is 1.62. The highest BCUT2D eigenvalue weighted by atomic mass is 127. The minimum Gasteiger partial charge on any atom is -0.508 e. The van der Waals surface area contributed by atoms with Crippen LogP contribution in [-0.2, 0) is 19.6 Å². The molecule has 0 unspecified atom stereocenters. The standard InChI is InChI=1S/C9H9NO2.C8H6INO2.C8H7NO2/c1-12-7-2-3-8-6(4-7)5-10-9(8)11;9-7-5-3-10-8(12)4(5)1-2-6(7)11;10-6-1-2-7-5(3-6)4-9-8(7)11/h2-4H,5H2,1H3,(H,10,11);1-2,11H,3H2,(H,10,12);1-3,10H,4H2,(H,9,11). The lowest BCUT2D eigenvalue weighted by Crippen LogP contribution is -2.12. The first-order valence-corrected chi connectivity index (χ1v) is 11.7. The van der Waals surface area contributed by atoms with Gasteiger partial charge in [-0.15, -0.1) is 0 Å². The van der Waals surface area contributed by atoms with Crippen molar-refractivity contribution >= 4 is 40.3 Å². The zero-order valence-corrected chi connectivity index (χ0v) is 20.8. The Morgan fingerprint density at radius 2 is 1.29 bits per heavy atom. The molecule has 9 nitrogen and oxygen atoms in total. The van der Waals surface area contributed by atoms with E-state index in [0.717, 1.165) is 31.6 Å². The maximum absolute atomic E-state index is 11.1. The monoisotopic (exact) mass is 587 g/mol. The molecule has 0 atom stereocenters. The molecule has 5 N–H and O–H groups in total. The minimum atomic E-state index is -0.0556. The molecule has 3 heterocycles. The van der Waals surface area contributed by atoms with Gasteiger partial charge in [0.1, 0.15) is 17.2 Å². The molecule has 0 aliphatic carbocycles. The predicted molar refractivity (Wildman–Crippen MR) is 135 cm³/mol. The first kappa shape index (κ1) is 24.3. The number of hydrogen-bond acceptors (Lipinski definition) is 6. The van der Waals surface area contributed by atoms with Crippen molar-refractivity contribution in [1.29, 1.82) is 0 Å². The number of phenols is 2. The fourth-order valence-corrected chi connectivity index (χ4v) is 4.47. The number of amides is 3. The third-order valence-electron chi connectivity index (χ3n) is 5.66. The number of halogens is 1. The lowest BCUT2D eigenvalue weighted by molar-refractivity contribution is 0.0957. The van der Waals surface area contributed by atoms with Crippen LogP contribution in [0.4, 0.5) is 0 Å². The Kier molecular flexibility index (Phi) is 7.10. The summed E-state index contributed by atoms with van der Waals surface area (Å²) in [6.45, 7) is 1.68. The smallest absolute Gasteiger partial charge is 0.251 e. The van der Waals surface area contributed by atoms with E-state index in [0.29, 0.717) is 30.8 Å². The lowest BCUT2D eigenvalue weighted by Gasteiger charge is -2.00. The van der Waals surface area contributed by atoms with Crippen LogP contribution in [0.2, 0.25) is 0 Å². The number of carbonyl (C=O) groups is 3. The fourth-order valence-electron chi connectivity index (χ4n) is 3.81. The fraction of sp³-hybridized carbons (Fsp3) is 0.160. The summed E-state index contributed by atoms with van der Waals surface area (Å²) in [5, 5.41) is 26.5. The van der Waals surface area contributed by atoms with Crippen molar-refractivity contribution in [1.82, 2.24) is 16.0 Å². The van der Waals surface area contributed by atoms with E-state index in [4.69, 9.17) is 9.84 Å². The first-order chi connectivity index (χ1) is 16.8. The van der Waals surface area contributed by atoms with E-state index in [2.05, 4.69) is 16.0 Å². The van der Waals surface area contributed by atoms with E-state index in [-0.39, 0.29) is 29.2 Å². The van der Waals surface area contributed by atoms with Gasteiger partial charge < -0.3 is 30.9 Å². The van der Waals surface area contributed by atoms with Gasteiger partial charge in [0.05, 0.1) is 10.7 Å². The topological polar surface area (TPSA) is 137 Å². The number of methoxy groups -OCH3 is 1. The molecule has 0 bridgehead atoms. The molecule has 3 aliphatic heterocycles. The zero-order chi connectivity index (χ0) is 25.1. The highest BCUT2D eigenvalue weighted by Crippen LogP contribution is 2.28. The second-order valence-corrected chi connectivity index (χ2v) is 8.92. The summed E-state index contributed by atoms with van der Waals surface area (Å²) in [6, 6.07) is 13.4. The Hall–Kier alpha value is -3.80. The summed E-state index contributed by atoms with van der Waals surface area (Å²) in [5.41, 5.74) is 4.89. The molecular formula is C25H22IN3O6. The van der Waals surface area contributed by atoms with Crippen molar-refractivity contribution in [3.63, 3.8) is 0 Å². The van der Waals surface area contributed by atoms with Crippen LogP contribution in [-0.4, -0.2) is 35.0 Å². The third kappa shape index (κ3) is 5.16. The van der Waals surface area contributed by atoms with Gasteiger partial charge in [-0.05, 0) is 82.2 Å². The van der Waals surface area contributed by atoms with E-state index in [1.54, 1.807) is 43.5 Å². The highest BCUT2D eigenvalue weighted by molar-refractivity contribution is 14.1. The Labute approximate surface area is 214 Å². The van der Waals surface area contributed by atoms with Gasteiger partial charge in [0.2, 0.25) is 0 Å². The summed E-state index contributed by atoms with van der Waals surface area (Å²) in [5.74, 6) is 1.15. The van der Waals surface area contributed by atoms with Gasteiger partial charge in [-0.1, -0.05) is 0 Å². The number of nitrogens with one attached hydrogen (secondary N) is 3. The molecule has 3 aliphatic rings. The molecule has 6 rings (SSSR count). The largest absolute Gasteiger partial charge is 0.508 e. The van der Waals surface area contributed by atoms with Gasteiger partial charge in [-0.25, -0.2) is 0 Å². The average molecular weight is 587 g/mol. The van der Waals surface area contributed by atoms with Gasteiger partial charge in [0, 0.05) is 41.9 Å². The third-order valence-corrected chi connectivity index (χ3v) is 6.87. The van der Waals surface area contributed by atoms with Crippen molar-refractivity contribution in [3.05, 3.63) is 85.5 Å². The number of aromatic hydroxyl groups is 2. The summed E-state index contributed by atoms with van der Waals surface area (Å²) >= 11 is 2.04. The molecule has 35 heavy (non-hydrogen) atoms. The molecule has 0 saturated carbocycles. The molecular weight excluding hydrogens is 565 g/mol. The van der Waals surface area contributed by atoms with Crippen LogP contribution in [0.5, 0.6) is 17.2 Å². The second-order valence-electron chi connectivity index (χ2n) is 7.84. The normalized spacial score (nSPS) is 14.2. The molecule has 180 valence electrons. The second kappa shape index (κ2) is 10.2. The van der Waals surface area contributed by atoms with E-state index in [1.807, 2.05) is 28.7 Å². The maximum atomic E-state index is 11.1. The van der Waals surface area contributed by atoms with Crippen molar-refractivity contribution in [2.45, 2.75) is 19.6 Å². The average Bonchev–Trinajstić information content (AvgIpc) is 3.54. The Balaban J connectivity index is 0.000000124. The van der Waals surface area contributed by atoms with E-state index in [1.165, 1.54) is 6.07 Å². The highest BCUT2D eigenvalue weighted by Gasteiger charge is 2.22. The molecule has 3 aromatic rings. The van der Waals surface area contributed by atoms with Crippen LogP contribution in [0.15, 0.2) is 48.5 Å². The number of hydrogen-bond donors (Lipinski definition) is 5. The van der Waals surface area contributed by atoms with Crippen molar-refractivity contribution in [3.8, 4) is 17.2 Å². The van der Waals surface area contributed by atoms with Gasteiger partial charge >= 0.3 is 0 Å². The number of benzene rings is 3. The molecule has 10 heteroatoms. The molecule has 0 saturated heterocycles. The number of fused-ring (bicyclic) bond motifs is 3. The summed E-state index contributed by atoms with van der Waals surface area (Å²) in [6.07, 6.45) is 0. The SMILES string of the molecule is COc1ccc2c(c1)CNC2=O.O=C1NCc2c1ccc(O)c2I.O=C1NCc2cc(O)ccc21. The maximum Gasteiger partial charge on any atom is 0.251 e. The quantitative estimate of drug-likeness (QED) is 0.278. The van der Waals surface area contributed by atoms with Crippen molar-refractivity contribution in [2.75, 3.05) is 7.11 Å². The van der Waals surface area contributed by atoms with E-state index >= 15 is 0 Å². The van der Waals surface area contributed by atoms with Crippen LogP contribution in [0.1, 0.15) is 47.8 Å². The van der Waals surface area contributed by atoms with E-state index < -0.39 is 0 Å². The summed E-state index contributed by atoms with van der Waals surface area (Å²) < 4.78 is 5.80. The van der Waals surface area contributed by atoms with E-state index in [9.17, 15) is 19.5 Å². The number of ether oxygens (including phenoxy) is 1. The van der Waals surface area contributed by atoms with Gasteiger partial charge in [-0.3, -0.25) is 14.4 Å². The number of phenolic OH excluding ortho intramolecular Hbond substituents is 2. The first-order valence-electron chi connectivity index (χ1n) is 10.6. The van der Waals surface area contributed by atoms with Crippen molar-refractivity contribution < 1.29 is 29.3 Å².